The Morgan fingerprint density at radius 2 is 2.17 bits per heavy atom. The summed E-state index contributed by atoms with van der Waals surface area (Å²) in [4.78, 5) is 7.75. The Bertz CT molecular complexity index is 547. The Balaban J connectivity index is 1.83. The average Bonchev–Trinajstić information content (AvgIpc) is 2.88. The van der Waals surface area contributed by atoms with E-state index in [9.17, 15) is 0 Å². The summed E-state index contributed by atoms with van der Waals surface area (Å²) >= 11 is 0. The van der Waals surface area contributed by atoms with Crippen LogP contribution in [-0.2, 0) is 0 Å². The number of anilines is 1. The monoisotopic (exact) mass is 243 g/mol. The van der Waals surface area contributed by atoms with Gasteiger partial charge in [0.25, 0.3) is 0 Å². The molecule has 2 heterocycles. The lowest BCUT2D eigenvalue weighted by Crippen LogP contribution is -2.24. The van der Waals surface area contributed by atoms with E-state index in [1.54, 1.807) is 0 Å². The molecule has 2 N–H and O–H groups in total. The van der Waals surface area contributed by atoms with E-state index in [1.165, 1.54) is 0 Å². The van der Waals surface area contributed by atoms with Crippen molar-refractivity contribution in [2.45, 2.75) is 25.9 Å². The number of ether oxygens (including phenoxy) is 1. The first-order valence-corrected chi connectivity index (χ1v) is 6.28. The molecule has 0 saturated heterocycles. The normalized spacial score (nSPS) is 18.1. The maximum absolute atomic E-state index is 5.95. The van der Waals surface area contributed by atoms with Crippen molar-refractivity contribution in [1.82, 2.24) is 9.97 Å². The summed E-state index contributed by atoms with van der Waals surface area (Å²) < 4.78 is 5.95. The number of benzene rings is 1. The molecule has 1 atom stereocenters. The minimum absolute atomic E-state index is 0.0487. The van der Waals surface area contributed by atoms with Crippen LogP contribution < -0.4 is 10.1 Å². The Kier molecular flexibility index (Phi) is 2.70. The molecule has 4 nitrogen and oxygen atoms in total. The van der Waals surface area contributed by atoms with Crippen molar-refractivity contribution in [2.24, 2.45) is 0 Å². The molecule has 1 aromatic carbocycles. The highest BCUT2D eigenvalue weighted by Crippen LogP contribution is 2.33. The molecule has 3 rings (SSSR count). The summed E-state index contributed by atoms with van der Waals surface area (Å²) in [5.41, 5.74) is 2.19. The molecule has 0 spiro atoms. The molecule has 0 radical (unpaired) electrons. The topological polar surface area (TPSA) is 49.9 Å². The van der Waals surface area contributed by atoms with E-state index in [-0.39, 0.29) is 6.10 Å². The fourth-order valence-electron chi connectivity index (χ4n) is 2.07. The van der Waals surface area contributed by atoms with Crippen LogP contribution >= 0.6 is 0 Å². The van der Waals surface area contributed by atoms with Gasteiger partial charge in [0, 0.05) is 11.9 Å². The maximum atomic E-state index is 5.95. The fraction of sp³-hybridized carbons (Fsp3) is 0.357. The maximum Gasteiger partial charge on any atom is 0.173 e. The number of imidazole rings is 1. The second-order valence-electron chi connectivity index (χ2n) is 4.86. The number of hydrogen-bond acceptors (Lipinski definition) is 3. The van der Waals surface area contributed by atoms with Gasteiger partial charge in [-0.1, -0.05) is 26.0 Å². The summed E-state index contributed by atoms with van der Waals surface area (Å²) in [5.74, 6) is 2.23. The van der Waals surface area contributed by atoms with Gasteiger partial charge in [-0.15, -0.1) is 0 Å². The van der Waals surface area contributed by atoms with Crippen LogP contribution in [0.3, 0.4) is 0 Å². The van der Waals surface area contributed by atoms with E-state index >= 15 is 0 Å². The summed E-state index contributed by atoms with van der Waals surface area (Å²) in [5, 5.41) is 3.36. The zero-order valence-corrected chi connectivity index (χ0v) is 10.6. The Labute approximate surface area is 106 Å². The number of nitrogens with one attached hydrogen (secondary N) is 2. The second kappa shape index (κ2) is 4.37. The summed E-state index contributed by atoms with van der Waals surface area (Å²) in [6.45, 7) is 5.03. The molecule has 0 aliphatic carbocycles. The SMILES string of the molecule is CC(C)c1cnc(C2CNc3ccccc3O2)[nH]1. The minimum Gasteiger partial charge on any atom is -0.478 e. The van der Waals surface area contributed by atoms with Crippen molar-refractivity contribution >= 4 is 5.69 Å². The van der Waals surface area contributed by atoms with Crippen LogP contribution in [0.2, 0.25) is 0 Å². The quantitative estimate of drug-likeness (QED) is 0.852. The van der Waals surface area contributed by atoms with Gasteiger partial charge < -0.3 is 15.0 Å². The molecule has 0 saturated carbocycles. The molecule has 2 aromatic rings. The number of fused-ring (bicyclic) bond motifs is 1. The molecule has 0 bridgehead atoms. The fourth-order valence-corrected chi connectivity index (χ4v) is 2.07. The molecule has 1 unspecified atom stereocenters. The predicted octanol–water partition coefficient (Wildman–Crippen LogP) is 3.08. The second-order valence-corrected chi connectivity index (χ2v) is 4.86. The van der Waals surface area contributed by atoms with Crippen molar-refractivity contribution in [1.29, 1.82) is 0 Å². The molecule has 18 heavy (non-hydrogen) atoms. The zero-order valence-electron chi connectivity index (χ0n) is 10.6. The number of rotatable bonds is 2. The van der Waals surface area contributed by atoms with Crippen molar-refractivity contribution < 1.29 is 4.74 Å². The third kappa shape index (κ3) is 1.94. The molecule has 0 amide bonds. The van der Waals surface area contributed by atoms with Gasteiger partial charge in [0.1, 0.15) is 11.6 Å². The number of para-hydroxylation sites is 2. The molecular weight excluding hydrogens is 226 g/mol. The molecule has 0 fully saturated rings. The molecule has 4 heteroatoms. The molecule has 1 aliphatic heterocycles. The predicted molar refractivity (Wildman–Crippen MR) is 71.0 cm³/mol. The van der Waals surface area contributed by atoms with Gasteiger partial charge in [0.05, 0.1) is 12.2 Å². The van der Waals surface area contributed by atoms with Gasteiger partial charge in [-0.05, 0) is 18.1 Å². The van der Waals surface area contributed by atoms with Crippen LogP contribution in [0.4, 0.5) is 5.69 Å². The van der Waals surface area contributed by atoms with E-state index in [2.05, 4.69) is 29.1 Å². The van der Waals surface area contributed by atoms with Gasteiger partial charge in [-0.3, -0.25) is 0 Å². The minimum atomic E-state index is -0.0487. The lowest BCUT2D eigenvalue weighted by atomic mass is 10.2. The highest BCUT2D eigenvalue weighted by molar-refractivity contribution is 5.57. The lowest BCUT2D eigenvalue weighted by molar-refractivity contribution is 0.201. The third-order valence-corrected chi connectivity index (χ3v) is 3.18. The standard InChI is InChI=1S/C14H17N3O/c1-9(2)11-7-16-14(17-11)13-8-15-10-5-3-4-6-12(10)18-13/h3-7,9,13,15H,8H2,1-2H3,(H,16,17). The van der Waals surface area contributed by atoms with E-state index in [0.29, 0.717) is 5.92 Å². The number of aromatic amines is 1. The largest absolute Gasteiger partial charge is 0.478 e. The molecule has 1 aromatic heterocycles. The van der Waals surface area contributed by atoms with Gasteiger partial charge in [-0.25, -0.2) is 4.98 Å². The lowest BCUT2D eigenvalue weighted by Gasteiger charge is -2.25. The van der Waals surface area contributed by atoms with Crippen LogP contribution in [-0.4, -0.2) is 16.5 Å². The van der Waals surface area contributed by atoms with Crippen molar-refractivity contribution in [2.75, 3.05) is 11.9 Å². The zero-order chi connectivity index (χ0) is 12.5. The van der Waals surface area contributed by atoms with E-state index in [1.807, 2.05) is 30.5 Å². The van der Waals surface area contributed by atoms with Crippen molar-refractivity contribution in [3.05, 3.63) is 42.0 Å². The average molecular weight is 243 g/mol. The van der Waals surface area contributed by atoms with Crippen LogP contribution in [0.25, 0.3) is 0 Å². The van der Waals surface area contributed by atoms with Gasteiger partial charge >= 0.3 is 0 Å². The van der Waals surface area contributed by atoms with Crippen LogP contribution in [0.5, 0.6) is 5.75 Å². The number of nitrogens with zero attached hydrogens (tertiary/aromatic N) is 1. The number of hydrogen-bond donors (Lipinski definition) is 2. The van der Waals surface area contributed by atoms with Crippen molar-refractivity contribution in [3.63, 3.8) is 0 Å². The molecular formula is C14H17N3O. The molecule has 1 aliphatic rings. The van der Waals surface area contributed by atoms with Gasteiger partial charge in [-0.2, -0.15) is 0 Å². The van der Waals surface area contributed by atoms with Crippen LogP contribution in [0, 0.1) is 0 Å². The summed E-state index contributed by atoms with van der Waals surface area (Å²) in [6.07, 6.45) is 1.84. The Hall–Kier alpha value is -1.97. The smallest absolute Gasteiger partial charge is 0.173 e. The van der Waals surface area contributed by atoms with Crippen LogP contribution in [0.15, 0.2) is 30.5 Å². The highest BCUT2D eigenvalue weighted by Gasteiger charge is 2.23. The highest BCUT2D eigenvalue weighted by atomic mass is 16.5. The van der Waals surface area contributed by atoms with Gasteiger partial charge in [0.15, 0.2) is 6.10 Å². The Morgan fingerprint density at radius 1 is 1.33 bits per heavy atom. The van der Waals surface area contributed by atoms with Crippen molar-refractivity contribution in [3.8, 4) is 5.75 Å². The first-order valence-electron chi connectivity index (χ1n) is 6.28. The first kappa shape index (κ1) is 11.1. The van der Waals surface area contributed by atoms with Crippen LogP contribution in [0.1, 0.15) is 37.4 Å². The van der Waals surface area contributed by atoms with Gasteiger partial charge in [0.2, 0.25) is 0 Å². The third-order valence-electron chi connectivity index (χ3n) is 3.18. The van der Waals surface area contributed by atoms with E-state index in [4.69, 9.17) is 4.74 Å². The summed E-state index contributed by atoms with van der Waals surface area (Å²) in [7, 11) is 0. The molecule has 94 valence electrons. The van der Waals surface area contributed by atoms with E-state index in [0.717, 1.165) is 29.5 Å². The van der Waals surface area contributed by atoms with E-state index < -0.39 is 0 Å². The number of aromatic nitrogens is 2. The Morgan fingerprint density at radius 3 is 2.94 bits per heavy atom. The number of H-pyrrole nitrogens is 1. The first-order chi connectivity index (χ1) is 8.74. The summed E-state index contributed by atoms with van der Waals surface area (Å²) in [6, 6.07) is 7.97.